The third kappa shape index (κ3) is 5.17. The van der Waals surface area contributed by atoms with E-state index in [-0.39, 0.29) is 11.5 Å². The Morgan fingerprint density at radius 3 is 2.56 bits per heavy atom. The molecule has 1 aliphatic carbocycles. The van der Waals surface area contributed by atoms with Crippen LogP contribution in [0.3, 0.4) is 0 Å². The molecular weight excluding hydrogens is 359 g/mol. The molecule has 1 fully saturated rings. The quantitative estimate of drug-likeness (QED) is 0.714. The van der Waals surface area contributed by atoms with Crippen LogP contribution in [0.25, 0.3) is 0 Å². The standard InChI is InChI=1S/C22H29FN2OS/c1-25(2)21(20-8-5-15-27-20)17-11-9-16(10-12-17)13-14-24-22(26)18-6-3-4-7-19(18)23/h3-8,15-17,21H,9-14H2,1-2H3,(H,24,26). The Morgan fingerprint density at radius 1 is 1.19 bits per heavy atom. The largest absolute Gasteiger partial charge is 0.352 e. The van der Waals surface area contributed by atoms with Gasteiger partial charge in [-0.25, -0.2) is 4.39 Å². The Bertz CT molecular complexity index is 724. The highest BCUT2D eigenvalue weighted by Gasteiger charge is 2.30. The normalized spacial score (nSPS) is 21.2. The Kier molecular flexibility index (Phi) is 7.02. The van der Waals surface area contributed by atoms with Gasteiger partial charge in [-0.05, 0) is 68.8 Å². The monoisotopic (exact) mass is 388 g/mol. The van der Waals surface area contributed by atoms with Crippen LogP contribution < -0.4 is 5.32 Å². The van der Waals surface area contributed by atoms with Crippen molar-refractivity contribution in [2.75, 3.05) is 20.6 Å². The zero-order valence-electron chi connectivity index (χ0n) is 16.2. The van der Waals surface area contributed by atoms with E-state index in [2.05, 4.69) is 41.8 Å². The van der Waals surface area contributed by atoms with Crippen LogP contribution >= 0.6 is 11.3 Å². The molecule has 5 heteroatoms. The Balaban J connectivity index is 1.44. The second kappa shape index (κ2) is 9.47. The van der Waals surface area contributed by atoms with Gasteiger partial charge in [-0.15, -0.1) is 11.3 Å². The number of hydrogen-bond acceptors (Lipinski definition) is 3. The van der Waals surface area contributed by atoms with Gasteiger partial charge < -0.3 is 10.2 Å². The van der Waals surface area contributed by atoms with Gasteiger partial charge in [0.15, 0.2) is 0 Å². The van der Waals surface area contributed by atoms with Crippen LogP contribution in [-0.2, 0) is 0 Å². The number of halogens is 1. The Hall–Kier alpha value is -1.72. The Labute approximate surface area is 165 Å². The van der Waals surface area contributed by atoms with Gasteiger partial charge in [0.25, 0.3) is 5.91 Å². The molecule has 0 saturated heterocycles. The van der Waals surface area contributed by atoms with Gasteiger partial charge in [0.05, 0.1) is 5.56 Å². The van der Waals surface area contributed by atoms with Crippen molar-refractivity contribution in [2.24, 2.45) is 11.8 Å². The van der Waals surface area contributed by atoms with Crippen molar-refractivity contribution in [3.8, 4) is 0 Å². The average Bonchev–Trinajstić information content (AvgIpc) is 3.17. The second-order valence-corrected chi connectivity index (χ2v) is 8.71. The van der Waals surface area contributed by atoms with Crippen molar-refractivity contribution in [3.63, 3.8) is 0 Å². The highest BCUT2D eigenvalue weighted by Crippen LogP contribution is 2.41. The molecule has 0 aliphatic heterocycles. The van der Waals surface area contributed by atoms with Crippen LogP contribution in [0, 0.1) is 17.7 Å². The van der Waals surface area contributed by atoms with Gasteiger partial charge in [-0.3, -0.25) is 4.79 Å². The molecule has 1 amide bonds. The van der Waals surface area contributed by atoms with E-state index in [0.717, 1.165) is 6.42 Å². The summed E-state index contributed by atoms with van der Waals surface area (Å²) in [7, 11) is 4.35. The second-order valence-electron chi connectivity index (χ2n) is 7.73. The fourth-order valence-corrected chi connectivity index (χ4v) is 5.31. The number of carbonyl (C=O) groups is 1. The summed E-state index contributed by atoms with van der Waals surface area (Å²) in [6.45, 7) is 0.616. The molecule has 1 aliphatic rings. The van der Waals surface area contributed by atoms with E-state index in [9.17, 15) is 9.18 Å². The minimum atomic E-state index is -0.459. The summed E-state index contributed by atoms with van der Waals surface area (Å²) in [5.41, 5.74) is 0.131. The highest BCUT2D eigenvalue weighted by atomic mass is 32.1. The summed E-state index contributed by atoms with van der Waals surface area (Å²) >= 11 is 1.85. The lowest BCUT2D eigenvalue weighted by atomic mass is 9.76. The van der Waals surface area contributed by atoms with E-state index in [4.69, 9.17) is 0 Å². The van der Waals surface area contributed by atoms with Crippen LogP contribution in [0.4, 0.5) is 4.39 Å². The minimum Gasteiger partial charge on any atom is -0.352 e. The number of benzene rings is 1. The average molecular weight is 389 g/mol. The van der Waals surface area contributed by atoms with Crippen LogP contribution in [0.15, 0.2) is 41.8 Å². The van der Waals surface area contributed by atoms with Crippen molar-refractivity contribution in [1.29, 1.82) is 0 Å². The molecule has 2 aromatic rings. The van der Waals surface area contributed by atoms with E-state index < -0.39 is 5.82 Å². The van der Waals surface area contributed by atoms with Crippen LogP contribution in [0.2, 0.25) is 0 Å². The number of nitrogens with one attached hydrogen (secondary N) is 1. The summed E-state index contributed by atoms with van der Waals surface area (Å²) < 4.78 is 13.7. The summed E-state index contributed by atoms with van der Waals surface area (Å²) in [4.78, 5) is 15.9. The van der Waals surface area contributed by atoms with Gasteiger partial charge in [0.1, 0.15) is 5.82 Å². The smallest absolute Gasteiger partial charge is 0.254 e. The lowest BCUT2D eigenvalue weighted by Crippen LogP contribution is -2.31. The SMILES string of the molecule is CN(C)C(c1cccs1)C1CCC(CCNC(=O)c2ccccc2F)CC1. The molecule has 1 unspecified atom stereocenters. The zero-order valence-corrected chi connectivity index (χ0v) is 17.0. The first-order valence-corrected chi connectivity index (χ1v) is 10.7. The van der Waals surface area contributed by atoms with Crippen LogP contribution in [0.5, 0.6) is 0 Å². The number of carbonyl (C=O) groups excluding carboxylic acids is 1. The molecule has 1 heterocycles. The molecule has 3 nitrogen and oxygen atoms in total. The molecule has 1 aromatic heterocycles. The molecule has 0 spiro atoms. The first kappa shape index (κ1) is 20.0. The van der Waals surface area contributed by atoms with Crippen molar-refractivity contribution in [1.82, 2.24) is 10.2 Å². The van der Waals surface area contributed by atoms with Gasteiger partial charge in [-0.1, -0.05) is 31.0 Å². The number of hydrogen-bond donors (Lipinski definition) is 1. The lowest BCUT2D eigenvalue weighted by Gasteiger charge is -2.37. The van der Waals surface area contributed by atoms with Crippen molar-refractivity contribution < 1.29 is 9.18 Å². The first-order valence-electron chi connectivity index (χ1n) is 9.79. The summed E-state index contributed by atoms with van der Waals surface area (Å²) in [6, 6.07) is 11.0. The van der Waals surface area contributed by atoms with Crippen LogP contribution in [-0.4, -0.2) is 31.4 Å². The number of nitrogens with zero attached hydrogens (tertiary/aromatic N) is 1. The molecule has 27 heavy (non-hydrogen) atoms. The fourth-order valence-electron chi connectivity index (χ4n) is 4.29. The molecular formula is C22H29FN2OS. The van der Waals surface area contributed by atoms with Crippen molar-refractivity contribution in [2.45, 2.75) is 38.1 Å². The van der Waals surface area contributed by atoms with Crippen LogP contribution in [0.1, 0.15) is 53.4 Å². The van der Waals surface area contributed by atoms with E-state index >= 15 is 0 Å². The number of rotatable bonds is 7. The number of thiophene rings is 1. The molecule has 1 saturated carbocycles. The van der Waals surface area contributed by atoms with E-state index in [1.807, 2.05) is 11.3 Å². The highest BCUT2D eigenvalue weighted by molar-refractivity contribution is 7.10. The van der Waals surface area contributed by atoms with E-state index in [1.165, 1.54) is 42.7 Å². The third-order valence-corrected chi connectivity index (χ3v) is 6.63. The van der Waals surface area contributed by atoms with Gasteiger partial charge in [0, 0.05) is 17.5 Å². The fraction of sp³-hybridized carbons (Fsp3) is 0.500. The molecule has 1 aromatic carbocycles. The lowest BCUT2D eigenvalue weighted by molar-refractivity contribution is 0.0943. The first-order chi connectivity index (χ1) is 13.1. The maximum atomic E-state index is 13.7. The molecule has 0 bridgehead atoms. The molecule has 3 rings (SSSR count). The predicted molar refractivity (Wildman–Crippen MR) is 110 cm³/mol. The zero-order chi connectivity index (χ0) is 19.2. The maximum Gasteiger partial charge on any atom is 0.254 e. The van der Waals surface area contributed by atoms with E-state index in [1.54, 1.807) is 12.1 Å². The molecule has 146 valence electrons. The Morgan fingerprint density at radius 2 is 1.93 bits per heavy atom. The van der Waals surface area contributed by atoms with Crippen molar-refractivity contribution >= 4 is 17.2 Å². The predicted octanol–water partition coefficient (Wildman–Crippen LogP) is 5.12. The number of amides is 1. The van der Waals surface area contributed by atoms with Gasteiger partial charge >= 0.3 is 0 Å². The molecule has 0 radical (unpaired) electrons. The van der Waals surface area contributed by atoms with E-state index in [0.29, 0.717) is 24.4 Å². The van der Waals surface area contributed by atoms with Gasteiger partial charge in [0.2, 0.25) is 0 Å². The summed E-state index contributed by atoms with van der Waals surface area (Å²) in [5.74, 6) is 0.571. The summed E-state index contributed by atoms with van der Waals surface area (Å²) in [6.07, 6.45) is 5.84. The molecule has 1 atom stereocenters. The summed E-state index contributed by atoms with van der Waals surface area (Å²) in [5, 5.41) is 5.04. The topological polar surface area (TPSA) is 32.3 Å². The molecule has 1 N–H and O–H groups in total. The minimum absolute atomic E-state index is 0.131. The van der Waals surface area contributed by atoms with Crippen molar-refractivity contribution in [3.05, 3.63) is 58.0 Å². The third-order valence-electron chi connectivity index (χ3n) is 5.69. The maximum absolute atomic E-state index is 13.7. The van der Waals surface area contributed by atoms with Gasteiger partial charge in [-0.2, -0.15) is 0 Å².